The molecule has 124 valence electrons. The average Bonchev–Trinajstić information content (AvgIpc) is 3.11. The van der Waals surface area contributed by atoms with Gasteiger partial charge in [0.25, 0.3) is 0 Å². The van der Waals surface area contributed by atoms with Gasteiger partial charge in [-0.1, -0.05) is 30.4 Å². The summed E-state index contributed by atoms with van der Waals surface area (Å²) in [6.45, 7) is 6.71. The van der Waals surface area contributed by atoms with Gasteiger partial charge >= 0.3 is 0 Å². The quantitative estimate of drug-likeness (QED) is 0.514. The molecule has 1 heterocycles. The lowest BCUT2D eigenvalue weighted by molar-refractivity contribution is 0.993. The highest BCUT2D eigenvalue weighted by molar-refractivity contribution is 5.92. The van der Waals surface area contributed by atoms with E-state index in [2.05, 4.69) is 77.6 Å². The molecule has 1 aliphatic heterocycles. The summed E-state index contributed by atoms with van der Waals surface area (Å²) in [5.74, 6) is 0.437. The molecule has 0 atom stereocenters. The van der Waals surface area contributed by atoms with E-state index < -0.39 is 0 Å². The normalized spacial score (nSPS) is 14.2. The maximum absolute atomic E-state index is 6.02. The van der Waals surface area contributed by atoms with Crippen LogP contribution in [0, 0.1) is 13.8 Å². The van der Waals surface area contributed by atoms with Gasteiger partial charge in [0.05, 0.1) is 6.54 Å². The van der Waals surface area contributed by atoms with Gasteiger partial charge in [-0.15, -0.1) is 0 Å². The fourth-order valence-corrected chi connectivity index (χ4v) is 2.72. The lowest BCUT2D eigenvalue weighted by Gasteiger charge is -2.18. The van der Waals surface area contributed by atoms with Crippen molar-refractivity contribution in [1.82, 2.24) is 0 Å². The van der Waals surface area contributed by atoms with E-state index in [1.54, 1.807) is 0 Å². The second-order valence-corrected chi connectivity index (χ2v) is 6.17. The van der Waals surface area contributed by atoms with E-state index in [-0.39, 0.29) is 0 Å². The van der Waals surface area contributed by atoms with Crippen LogP contribution in [0.5, 0.6) is 0 Å². The predicted octanol–water partition coefficient (Wildman–Crippen LogP) is 3.61. The molecule has 4 nitrogen and oxygen atoms in total. The van der Waals surface area contributed by atoms with E-state index in [9.17, 15) is 0 Å². The van der Waals surface area contributed by atoms with E-state index in [1.807, 2.05) is 6.07 Å². The minimum atomic E-state index is 0.437. The van der Waals surface area contributed by atoms with Crippen molar-refractivity contribution in [3.63, 3.8) is 0 Å². The first-order chi connectivity index (χ1) is 11.6. The molecule has 0 radical (unpaired) electrons. The molecule has 3 N–H and O–H groups in total. The highest BCUT2D eigenvalue weighted by Crippen LogP contribution is 2.19. The van der Waals surface area contributed by atoms with Gasteiger partial charge < -0.3 is 16.0 Å². The Kier molecular flexibility index (Phi) is 4.85. The molecule has 1 aliphatic rings. The molecule has 0 amide bonds. The zero-order valence-corrected chi connectivity index (χ0v) is 14.3. The summed E-state index contributed by atoms with van der Waals surface area (Å²) in [5.41, 5.74) is 11.9. The molecule has 0 aliphatic carbocycles. The van der Waals surface area contributed by atoms with Gasteiger partial charge in [0.2, 0.25) is 0 Å². The molecule has 0 bridgehead atoms. The molecule has 3 rings (SSSR count). The Hall–Kier alpha value is -2.75. The number of nitrogens with two attached hydrogens (primary N) is 1. The molecular weight excluding hydrogens is 296 g/mol. The van der Waals surface area contributed by atoms with Crippen molar-refractivity contribution in [3.8, 4) is 0 Å². The van der Waals surface area contributed by atoms with Crippen LogP contribution in [0.3, 0.4) is 0 Å². The second-order valence-electron chi connectivity index (χ2n) is 6.17. The lowest BCUT2D eigenvalue weighted by atomic mass is 10.1. The molecular formula is C20H24N4. The number of benzene rings is 2. The zero-order chi connectivity index (χ0) is 16.9. The van der Waals surface area contributed by atoms with Crippen molar-refractivity contribution in [2.45, 2.75) is 20.4 Å². The van der Waals surface area contributed by atoms with Crippen LogP contribution in [0.15, 0.2) is 59.6 Å². The highest BCUT2D eigenvalue weighted by atomic mass is 15.1. The average molecular weight is 320 g/mol. The number of aryl methyl sites for hydroxylation is 2. The molecule has 2 aromatic rings. The second kappa shape index (κ2) is 7.21. The van der Waals surface area contributed by atoms with E-state index in [0.717, 1.165) is 24.3 Å². The SMILES string of the molecule is Cc1ccc(NC(N)=NCc2cccc(N3CC=CC3)c2)cc1C. The predicted molar refractivity (Wildman–Crippen MR) is 103 cm³/mol. The van der Waals surface area contributed by atoms with Crippen LogP contribution in [0.1, 0.15) is 16.7 Å². The third-order valence-electron chi connectivity index (χ3n) is 4.31. The first-order valence-corrected chi connectivity index (χ1v) is 8.25. The first kappa shape index (κ1) is 16.1. The Balaban J connectivity index is 1.64. The van der Waals surface area contributed by atoms with Crippen LogP contribution in [0.4, 0.5) is 11.4 Å². The van der Waals surface area contributed by atoms with E-state index in [1.165, 1.54) is 16.8 Å². The fraction of sp³-hybridized carbons (Fsp3) is 0.250. The molecule has 0 spiro atoms. The molecule has 4 heteroatoms. The number of nitrogens with zero attached hydrogens (tertiary/aromatic N) is 2. The minimum absolute atomic E-state index is 0.437. The zero-order valence-electron chi connectivity index (χ0n) is 14.3. The van der Waals surface area contributed by atoms with Crippen molar-refractivity contribution in [2.24, 2.45) is 10.7 Å². The third kappa shape index (κ3) is 3.96. The Morgan fingerprint density at radius 3 is 2.62 bits per heavy atom. The van der Waals surface area contributed by atoms with Gasteiger partial charge in [-0.05, 0) is 54.8 Å². The van der Waals surface area contributed by atoms with E-state index in [0.29, 0.717) is 12.5 Å². The van der Waals surface area contributed by atoms with Crippen LogP contribution in [0.25, 0.3) is 0 Å². The summed E-state index contributed by atoms with van der Waals surface area (Å²) in [6.07, 6.45) is 4.38. The topological polar surface area (TPSA) is 53.6 Å². The smallest absolute Gasteiger partial charge is 0.193 e. The molecule has 0 fully saturated rings. The summed E-state index contributed by atoms with van der Waals surface area (Å²) in [6, 6.07) is 14.7. The van der Waals surface area contributed by atoms with Crippen LogP contribution in [-0.4, -0.2) is 19.0 Å². The summed E-state index contributed by atoms with van der Waals surface area (Å²) >= 11 is 0. The Labute approximate surface area is 143 Å². The molecule has 0 saturated heterocycles. The third-order valence-corrected chi connectivity index (χ3v) is 4.31. The number of guanidine groups is 1. The molecule has 24 heavy (non-hydrogen) atoms. The first-order valence-electron chi connectivity index (χ1n) is 8.25. The maximum Gasteiger partial charge on any atom is 0.193 e. The van der Waals surface area contributed by atoms with Gasteiger partial charge in [0.15, 0.2) is 5.96 Å². The van der Waals surface area contributed by atoms with Crippen LogP contribution in [-0.2, 0) is 6.54 Å². The summed E-state index contributed by atoms with van der Waals surface area (Å²) in [5, 5.41) is 3.16. The molecule has 2 aromatic carbocycles. The van der Waals surface area contributed by atoms with Gasteiger partial charge in [0, 0.05) is 24.5 Å². The van der Waals surface area contributed by atoms with E-state index in [4.69, 9.17) is 5.73 Å². The highest BCUT2D eigenvalue weighted by Gasteiger charge is 2.07. The Morgan fingerprint density at radius 1 is 1.08 bits per heavy atom. The van der Waals surface area contributed by atoms with E-state index >= 15 is 0 Å². The number of hydrogen-bond acceptors (Lipinski definition) is 2. The summed E-state index contributed by atoms with van der Waals surface area (Å²) in [4.78, 5) is 6.78. The van der Waals surface area contributed by atoms with Crippen molar-refractivity contribution in [1.29, 1.82) is 0 Å². The largest absolute Gasteiger partial charge is 0.370 e. The number of nitrogens with one attached hydrogen (secondary N) is 1. The van der Waals surface area contributed by atoms with Crippen molar-refractivity contribution in [3.05, 3.63) is 71.3 Å². The number of anilines is 2. The Bertz CT molecular complexity index is 769. The number of rotatable bonds is 4. The standard InChI is InChI=1S/C20H24N4/c1-15-8-9-18(12-16(15)2)23-20(21)22-14-17-6-5-7-19(13-17)24-10-3-4-11-24/h3-9,12-13H,10-11,14H2,1-2H3,(H3,21,22,23). The van der Waals surface area contributed by atoms with Gasteiger partial charge in [-0.3, -0.25) is 0 Å². The van der Waals surface area contributed by atoms with Crippen molar-refractivity contribution in [2.75, 3.05) is 23.3 Å². The van der Waals surface area contributed by atoms with Gasteiger partial charge in [-0.2, -0.15) is 0 Å². The van der Waals surface area contributed by atoms with Gasteiger partial charge in [-0.25, -0.2) is 4.99 Å². The minimum Gasteiger partial charge on any atom is -0.370 e. The lowest BCUT2D eigenvalue weighted by Crippen LogP contribution is -2.22. The molecule has 0 aromatic heterocycles. The fourth-order valence-electron chi connectivity index (χ4n) is 2.72. The van der Waals surface area contributed by atoms with Crippen molar-refractivity contribution >= 4 is 17.3 Å². The van der Waals surface area contributed by atoms with Gasteiger partial charge in [0.1, 0.15) is 0 Å². The van der Waals surface area contributed by atoms with Crippen LogP contribution >= 0.6 is 0 Å². The maximum atomic E-state index is 6.02. The van der Waals surface area contributed by atoms with Crippen LogP contribution in [0.2, 0.25) is 0 Å². The monoisotopic (exact) mass is 320 g/mol. The Morgan fingerprint density at radius 2 is 1.88 bits per heavy atom. The van der Waals surface area contributed by atoms with Crippen molar-refractivity contribution < 1.29 is 0 Å². The summed E-state index contributed by atoms with van der Waals surface area (Å²) in [7, 11) is 0. The number of hydrogen-bond donors (Lipinski definition) is 2. The molecule has 0 unspecified atom stereocenters. The summed E-state index contributed by atoms with van der Waals surface area (Å²) < 4.78 is 0. The number of aliphatic imine (C=N–C) groups is 1. The van der Waals surface area contributed by atoms with Crippen LogP contribution < -0.4 is 16.0 Å². The molecule has 0 saturated carbocycles.